The largest absolute Gasteiger partial charge is 0.355 e. The van der Waals surface area contributed by atoms with E-state index in [0.717, 1.165) is 64.9 Å². The van der Waals surface area contributed by atoms with E-state index in [1.54, 1.807) is 4.68 Å². The fourth-order valence-electron chi connectivity index (χ4n) is 3.88. The third-order valence-electron chi connectivity index (χ3n) is 5.63. The van der Waals surface area contributed by atoms with E-state index < -0.39 is 0 Å². The van der Waals surface area contributed by atoms with Crippen molar-refractivity contribution < 1.29 is 0 Å². The molecule has 0 atom stereocenters. The van der Waals surface area contributed by atoms with E-state index in [0.29, 0.717) is 5.02 Å². The van der Waals surface area contributed by atoms with Crippen molar-refractivity contribution in [1.82, 2.24) is 24.7 Å². The number of nitrogens with zero attached hydrogens (tertiary/aromatic N) is 5. The van der Waals surface area contributed by atoms with Crippen LogP contribution in [-0.2, 0) is 7.05 Å². The van der Waals surface area contributed by atoms with Crippen molar-refractivity contribution >= 4 is 39.5 Å². The first-order valence-electron chi connectivity index (χ1n) is 9.41. The monoisotopic (exact) mass is 395 g/mol. The molecule has 7 nitrogen and oxygen atoms in total. The maximum atomic E-state index is 6.69. The lowest BCUT2D eigenvalue weighted by atomic mass is 9.91. The zero-order valence-electron chi connectivity index (χ0n) is 15.9. The second-order valence-electron chi connectivity index (χ2n) is 7.93. The molecule has 5 rings (SSSR count). The van der Waals surface area contributed by atoms with Crippen LogP contribution in [0.25, 0.3) is 33.2 Å². The first kappa shape index (κ1) is 17.5. The highest BCUT2D eigenvalue weighted by Gasteiger charge is 2.27. The number of benzene rings is 1. The number of fused-ring (bicyclic) bond motifs is 2. The number of hydrogen-bond donors (Lipinski definition) is 2. The first-order chi connectivity index (χ1) is 13.4. The number of piperidine rings is 1. The fraction of sp³-hybridized carbons (Fsp3) is 0.350. The molecule has 4 aromatic rings. The molecule has 1 aliphatic rings. The van der Waals surface area contributed by atoms with Crippen molar-refractivity contribution in [3.63, 3.8) is 0 Å². The molecular weight excluding hydrogens is 374 g/mol. The molecule has 1 saturated heterocycles. The van der Waals surface area contributed by atoms with Gasteiger partial charge >= 0.3 is 0 Å². The van der Waals surface area contributed by atoms with Gasteiger partial charge in [-0.25, -0.2) is 9.97 Å². The first-order valence-corrected chi connectivity index (χ1v) is 9.79. The highest BCUT2D eigenvalue weighted by Crippen LogP contribution is 2.37. The Morgan fingerprint density at radius 3 is 2.79 bits per heavy atom. The maximum Gasteiger partial charge on any atom is 0.159 e. The molecule has 0 amide bonds. The van der Waals surface area contributed by atoms with Crippen LogP contribution in [0.15, 0.2) is 30.7 Å². The second-order valence-corrected chi connectivity index (χ2v) is 8.31. The molecule has 0 bridgehead atoms. The number of aromatic nitrogens is 5. The Hall–Kier alpha value is -2.64. The summed E-state index contributed by atoms with van der Waals surface area (Å²) in [5, 5.41) is 6.02. The maximum absolute atomic E-state index is 6.69. The van der Waals surface area contributed by atoms with Crippen molar-refractivity contribution in [3.05, 3.63) is 35.7 Å². The van der Waals surface area contributed by atoms with Crippen LogP contribution < -0.4 is 10.6 Å². The van der Waals surface area contributed by atoms with Crippen LogP contribution in [0.4, 0.5) is 5.82 Å². The zero-order valence-corrected chi connectivity index (χ0v) is 16.7. The van der Waals surface area contributed by atoms with Crippen molar-refractivity contribution in [2.75, 3.05) is 18.0 Å². The SMILES string of the molecule is Cn1cc2c(Cl)c(-c3c[nH]c4nc(N5CCC(C)(N)CC5)cnc34)ccc2n1. The molecule has 1 fully saturated rings. The number of H-pyrrole nitrogens is 1. The second kappa shape index (κ2) is 6.18. The predicted octanol–water partition coefficient (Wildman–Crippen LogP) is 3.48. The number of rotatable bonds is 2. The average Bonchev–Trinajstić information content (AvgIpc) is 3.25. The summed E-state index contributed by atoms with van der Waals surface area (Å²) in [5.41, 5.74) is 10.5. The van der Waals surface area contributed by atoms with E-state index in [2.05, 4.69) is 21.9 Å². The van der Waals surface area contributed by atoms with E-state index in [4.69, 9.17) is 27.3 Å². The number of halogens is 1. The Labute approximate surface area is 167 Å². The fourth-order valence-corrected chi connectivity index (χ4v) is 4.19. The lowest BCUT2D eigenvalue weighted by molar-refractivity contribution is 0.363. The topological polar surface area (TPSA) is 88.7 Å². The van der Waals surface area contributed by atoms with Gasteiger partial charge in [0, 0.05) is 54.6 Å². The van der Waals surface area contributed by atoms with Gasteiger partial charge in [0.1, 0.15) is 11.3 Å². The molecule has 0 spiro atoms. The van der Waals surface area contributed by atoms with Gasteiger partial charge < -0.3 is 15.6 Å². The molecule has 1 aromatic carbocycles. The van der Waals surface area contributed by atoms with E-state index in [9.17, 15) is 0 Å². The predicted molar refractivity (Wildman–Crippen MR) is 113 cm³/mol. The number of aryl methyl sites for hydroxylation is 1. The van der Waals surface area contributed by atoms with Gasteiger partial charge in [-0.3, -0.25) is 4.68 Å². The number of nitrogens with one attached hydrogen (secondary N) is 1. The molecule has 0 saturated carbocycles. The van der Waals surface area contributed by atoms with E-state index in [1.165, 1.54) is 0 Å². The van der Waals surface area contributed by atoms with Gasteiger partial charge in [0.05, 0.1) is 16.7 Å². The highest BCUT2D eigenvalue weighted by atomic mass is 35.5. The Morgan fingerprint density at radius 2 is 2.00 bits per heavy atom. The molecule has 0 aliphatic carbocycles. The van der Waals surface area contributed by atoms with Gasteiger partial charge in [-0.2, -0.15) is 5.10 Å². The number of anilines is 1. The molecule has 1 aliphatic heterocycles. The van der Waals surface area contributed by atoms with Gasteiger partial charge in [-0.15, -0.1) is 0 Å². The highest BCUT2D eigenvalue weighted by molar-refractivity contribution is 6.38. The van der Waals surface area contributed by atoms with Crippen LogP contribution in [0.3, 0.4) is 0 Å². The summed E-state index contributed by atoms with van der Waals surface area (Å²) in [6.45, 7) is 3.90. The van der Waals surface area contributed by atoms with E-state index in [-0.39, 0.29) is 5.54 Å². The lowest BCUT2D eigenvalue weighted by Gasteiger charge is -2.37. The number of nitrogens with two attached hydrogens (primary N) is 1. The zero-order chi connectivity index (χ0) is 19.5. The van der Waals surface area contributed by atoms with Gasteiger partial charge in [0.2, 0.25) is 0 Å². The van der Waals surface area contributed by atoms with Crippen LogP contribution in [0, 0.1) is 0 Å². The molecule has 0 unspecified atom stereocenters. The minimum Gasteiger partial charge on any atom is -0.355 e. The smallest absolute Gasteiger partial charge is 0.159 e. The molecular formula is C20H22ClN7. The van der Waals surface area contributed by atoms with E-state index in [1.807, 2.05) is 37.8 Å². The average molecular weight is 396 g/mol. The summed E-state index contributed by atoms with van der Waals surface area (Å²) in [6, 6.07) is 3.97. The summed E-state index contributed by atoms with van der Waals surface area (Å²) >= 11 is 6.69. The normalized spacial score (nSPS) is 16.9. The summed E-state index contributed by atoms with van der Waals surface area (Å²) in [6.07, 6.45) is 7.59. The van der Waals surface area contributed by atoms with Gasteiger partial charge in [-0.05, 0) is 25.8 Å². The summed E-state index contributed by atoms with van der Waals surface area (Å²) in [4.78, 5) is 15.0. The van der Waals surface area contributed by atoms with Gasteiger partial charge in [-0.1, -0.05) is 17.7 Å². The summed E-state index contributed by atoms with van der Waals surface area (Å²) in [5.74, 6) is 0.880. The van der Waals surface area contributed by atoms with Crippen molar-refractivity contribution in [1.29, 1.82) is 0 Å². The van der Waals surface area contributed by atoms with Crippen LogP contribution in [0.2, 0.25) is 5.02 Å². The Morgan fingerprint density at radius 1 is 1.21 bits per heavy atom. The molecule has 4 heterocycles. The quantitative estimate of drug-likeness (QED) is 0.542. The van der Waals surface area contributed by atoms with E-state index >= 15 is 0 Å². The number of aromatic amines is 1. The molecule has 3 aromatic heterocycles. The molecule has 144 valence electrons. The van der Waals surface area contributed by atoms with Gasteiger partial charge in [0.15, 0.2) is 5.65 Å². The molecule has 3 N–H and O–H groups in total. The van der Waals surface area contributed by atoms with Crippen molar-refractivity contribution in [3.8, 4) is 11.1 Å². The number of hydrogen-bond acceptors (Lipinski definition) is 5. The van der Waals surface area contributed by atoms with Crippen molar-refractivity contribution in [2.45, 2.75) is 25.3 Å². The van der Waals surface area contributed by atoms with Crippen LogP contribution in [-0.4, -0.2) is 43.4 Å². The Balaban J connectivity index is 1.53. The van der Waals surface area contributed by atoms with Gasteiger partial charge in [0.25, 0.3) is 0 Å². The van der Waals surface area contributed by atoms with Crippen LogP contribution in [0.5, 0.6) is 0 Å². The third kappa shape index (κ3) is 2.82. The van der Waals surface area contributed by atoms with Crippen LogP contribution >= 0.6 is 11.6 Å². The lowest BCUT2D eigenvalue weighted by Crippen LogP contribution is -2.48. The minimum absolute atomic E-state index is 0.0880. The Kier molecular flexibility index (Phi) is 3.86. The van der Waals surface area contributed by atoms with Crippen molar-refractivity contribution in [2.24, 2.45) is 12.8 Å². The van der Waals surface area contributed by atoms with Crippen LogP contribution in [0.1, 0.15) is 19.8 Å². The molecule has 8 heteroatoms. The summed E-state index contributed by atoms with van der Waals surface area (Å²) in [7, 11) is 1.89. The Bertz CT molecular complexity index is 1180. The summed E-state index contributed by atoms with van der Waals surface area (Å²) < 4.78 is 1.77. The standard InChI is InChI=1S/C20H22ClN7/c1-20(22)5-7-28(8-6-20)16-10-23-18-13(9-24-19(18)25-16)12-3-4-15-14(17(12)21)11-27(2)26-15/h3-4,9-11H,5-8,22H2,1-2H3,(H,24,25). The molecule has 0 radical (unpaired) electrons. The third-order valence-corrected chi connectivity index (χ3v) is 6.03. The minimum atomic E-state index is -0.0880. The molecule has 28 heavy (non-hydrogen) atoms.